The highest BCUT2D eigenvalue weighted by atomic mass is 32.1. The summed E-state index contributed by atoms with van der Waals surface area (Å²) < 4.78 is 29.9. The van der Waals surface area contributed by atoms with Crippen LogP contribution in [0.3, 0.4) is 0 Å². The van der Waals surface area contributed by atoms with Gasteiger partial charge in [-0.25, -0.2) is 13.9 Å². The number of benzene rings is 2. The summed E-state index contributed by atoms with van der Waals surface area (Å²) in [6.07, 6.45) is 0.583. The number of amides is 1. The zero-order valence-electron chi connectivity index (χ0n) is 15.7. The van der Waals surface area contributed by atoms with Gasteiger partial charge >= 0.3 is 0 Å². The van der Waals surface area contributed by atoms with Gasteiger partial charge in [0.1, 0.15) is 11.6 Å². The first-order valence-electron chi connectivity index (χ1n) is 9.24. The quantitative estimate of drug-likeness (QED) is 0.365. The number of nitrogens with zero attached hydrogens (tertiary/aromatic N) is 3. The number of carbonyl (C=O) groups is 1. The highest BCUT2D eigenvalue weighted by molar-refractivity contribution is 7.71. The van der Waals surface area contributed by atoms with Gasteiger partial charge in [0, 0.05) is 13.1 Å². The summed E-state index contributed by atoms with van der Waals surface area (Å²) in [4.78, 5) is 24.9. The second-order valence-electron chi connectivity index (χ2n) is 6.79. The van der Waals surface area contributed by atoms with Crippen LogP contribution in [0.5, 0.6) is 0 Å². The molecule has 4 rings (SSSR count). The maximum absolute atomic E-state index is 13.7. The second kappa shape index (κ2) is 8.15. The van der Waals surface area contributed by atoms with Gasteiger partial charge in [-0.1, -0.05) is 12.1 Å². The van der Waals surface area contributed by atoms with Crippen molar-refractivity contribution in [2.24, 2.45) is 0 Å². The largest absolute Gasteiger partial charge is 0.356 e. The van der Waals surface area contributed by atoms with Crippen molar-refractivity contribution in [3.63, 3.8) is 0 Å². The van der Waals surface area contributed by atoms with Crippen molar-refractivity contribution in [3.05, 3.63) is 74.8 Å². The number of nitrogens with one attached hydrogen (secondary N) is 2. The van der Waals surface area contributed by atoms with Crippen LogP contribution in [0.15, 0.2) is 47.3 Å². The molecule has 0 aliphatic heterocycles. The van der Waals surface area contributed by atoms with E-state index in [4.69, 9.17) is 12.2 Å². The molecule has 2 heterocycles. The minimum atomic E-state index is -0.520. The molecule has 0 unspecified atom stereocenters. The van der Waals surface area contributed by atoms with E-state index in [0.29, 0.717) is 34.6 Å². The zero-order valence-corrected chi connectivity index (χ0v) is 16.5. The lowest BCUT2D eigenvalue weighted by molar-refractivity contribution is -0.120. The molecule has 0 fully saturated rings. The average Bonchev–Trinajstić information content (AvgIpc) is 3.10. The molecule has 0 saturated carbocycles. The van der Waals surface area contributed by atoms with E-state index in [2.05, 4.69) is 15.5 Å². The predicted octanol–water partition coefficient (Wildman–Crippen LogP) is 2.73. The normalized spacial score (nSPS) is 11.3. The molecule has 2 aromatic carbocycles. The van der Waals surface area contributed by atoms with Crippen molar-refractivity contribution in [3.8, 4) is 0 Å². The van der Waals surface area contributed by atoms with Crippen molar-refractivity contribution in [2.45, 2.75) is 19.4 Å². The fourth-order valence-electron chi connectivity index (χ4n) is 3.31. The van der Waals surface area contributed by atoms with Crippen LogP contribution < -0.4 is 10.9 Å². The molecule has 4 aromatic rings. The fourth-order valence-corrected chi connectivity index (χ4v) is 3.54. The van der Waals surface area contributed by atoms with Crippen LogP contribution in [0.2, 0.25) is 0 Å². The lowest BCUT2D eigenvalue weighted by atomic mass is 10.1. The van der Waals surface area contributed by atoms with Crippen LogP contribution in [0, 0.1) is 16.4 Å². The Morgan fingerprint density at radius 2 is 1.87 bits per heavy atom. The standard InChI is InChI=1S/C20H17F2N5O2S/c21-13-4-2-12(3-5-13)10-17(28)23-8-1-9-26-18(29)15-11-14(22)6-7-16(15)27-19(26)24-25-20(27)30/h2-7,11H,1,8-10H2,(H,23,28)(H,25,30). The number of H-pyrrole nitrogens is 1. The molecule has 154 valence electrons. The molecule has 0 saturated heterocycles. The van der Waals surface area contributed by atoms with Gasteiger partial charge in [-0.15, -0.1) is 5.10 Å². The van der Waals surface area contributed by atoms with E-state index in [1.165, 1.54) is 34.9 Å². The molecule has 2 N–H and O–H groups in total. The summed E-state index contributed by atoms with van der Waals surface area (Å²) >= 11 is 5.25. The Morgan fingerprint density at radius 1 is 1.13 bits per heavy atom. The Bertz CT molecular complexity index is 1360. The van der Waals surface area contributed by atoms with E-state index in [0.717, 1.165) is 0 Å². The predicted molar refractivity (Wildman–Crippen MR) is 110 cm³/mol. The Hall–Kier alpha value is -3.40. The van der Waals surface area contributed by atoms with Crippen LogP contribution in [0.1, 0.15) is 12.0 Å². The maximum atomic E-state index is 13.7. The van der Waals surface area contributed by atoms with Gasteiger partial charge < -0.3 is 5.32 Å². The number of hydrogen-bond acceptors (Lipinski definition) is 4. The molecular formula is C20H17F2N5O2S. The Morgan fingerprint density at radius 3 is 2.63 bits per heavy atom. The first kappa shape index (κ1) is 19.9. The molecule has 0 atom stereocenters. The van der Waals surface area contributed by atoms with Crippen molar-refractivity contribution in [1.82, 2.24) is 24.5 Å². The van der Waals surface area contributed by atoms with Gasteiger partial charge in [-0.2, -0.15) is 0 Å². The first-order valence-corrected chi connectivity index (χ1v) is 9.65. The number of hydrogen-bond donors (Lipinski definition) is 2. The number of aromatic nitrogens is 4. The topological polar surface area (TPSA) is 84.2 Å². The van der Waals surface area contributed by atoms with Crippen molar-refractivity contribution < 1.29 is 13.6 Å². The SMILES string of the molecule is O=C(Cc1ccc(F)cc1)NCCCn1c(=O)c2cc(F)ccc2n2c(=S)[nH]nc12. The van der Waals surface area contributed by atoms with E-state index in [1.54, 1.807) is 16.5 Å². The lowest BCUT2D eigenvalue weighted by Crippen LogP contribution is -2.29. The highest BCUT2D eigenvalue weighted by Gasteiger charge is 2.14. The summed E-state index contributed by atoms with van der Waals surface area (Å²) in [7, 11) is 0. The molecule has 0 bridgehead atoms. The van der Waals surface area contributed by atoms with Gasteiger partial charge in [0.2, 0.25) is 16.5 Å². The van der Waals surface area contributed by atoms with Crippen LogP contribution in [0.4, 0.5) is 8.78 Å². The molecular weight excluding hydrogens is 412 g/mol. The third-order valence-electron chi connectivity index (χ3n) is 4.73. The molecule has 0 radical (unpaired) electrons. The molecule has 1 amide bonds. The van der Waals surface area contributed by atoms with Crippen LogP contribution in [0.25, 0.3) is 16.7 Å². The first-order chi connectivity index (χ1) is 14.4. The van der Waals surface area contributed by atoms with E-state index in [9.17, 15) is 18.4 Å². The van der Waals surface area contributed by atoms with Gasteiger partial charge in [-0.05, 0) is 54.5 Å². The monoisotopic (exact) mass is 429 g/mol. The van der Waals surface area contributed by atoms with Crippen molar-refractivity contribution in [2.75, 3.05) is 6.54 Å². The molecule has 0 aliphatic rings. The summed E-state index contributed by atoms with van der Waals surface area (Å²) in [5.74, 6) is -0.762. The molecule has 2 aromatic heterocycles. The highest BCUT2D eigenvalue weighted by Crippen LogP contribution is 2.15. The second-order valence-corrected chi connectivity index (χ2v) is 7.18. The summed E-state index contributed by atoms with van der Waals surface area (Å²) in [6, 6.07) is 9.64. The minimum Gasteiger partial charge on any atom is -0.356 e. The number of fused-ring (bicyclic) bond motifs is 3. The number of aromatic amines is 1. The summed E-state index contributed by atoms with van der Waals surface area (Å²) in [6.45, 7) is 0.580. The van der Waals surface area contributed by atoms with Crippen LogP contribution in [-0.4, -0.2) is 31.6 Å². The van der Waals surface area contributed by atoms with Crippen LogP contribution in [-0.2, 0) is 17.8 Å². The van der Waals surface area contributed by atoms with Gasteiger partial charge in [0.15, 0.2) is 0 Å². The summed E-state index contributed by atoms with van der Waals surface area (Å²) in [5, 5.41) is 9.75. The number of aryl methyl sites for hydroxylation is 1. The molecule has 30 heavy (non-hydrogen) atoms. The molecule has 0 aliphatic carbocycles. The average molecular weight is 429 g/mol. The molecule has 10 heteroatoms. The molecule has 0 spiro atoms. The minimum absolute atomic E-state index is 0.133. The van der Waals surface area contributed by atoms with E-state index in [-0.39, 0.29) is 35.6 Å². The fraction of sp³-hybridized carbons (Fsp3) is 0.200. The van der Waals surface area contributed by atoms with Crippen molar-refractivity contribution >= 4 is 34.8 Å². The van der Waals surface area contributed by atoms with E-state index >= 15 is 0 Å². The van der Waals surface area contributed by atoms with Gasteiger partial charge in [0.25, 0.3) is 5.56 Å². The van der Waals surface area contributed by atoms with E-state index < -0.39 is 5.82 Å². The maximum Gasteiger partial charge on any atom is 0.262 e. The Kier molecular flexibility index (Phi) is 5.40. The van der Waals surface area contributed by atoms with Crippen molar-refractivity contribution in [1.29, 1.82) is 0 Å². The third-order valence-corrected chi connectivity index (χ3v) is 5.00. The Labute approximate surface area is 174 Å². The van der Waals surface area contributed by atoms with Gasteiger partial charge in [-0.3, -0.25) is 18.6 Å². The van der Waals surface area contributed by atoms with Crippen LogP contribution >= 0.6 is 12.2 Å². The lowest BCUT2D eigenvalue weighted by Gasteiger charge is -2.11. The number of halogens is 2. The summed E-state index contributed by atoms with van der Waals surface area (Å²) in [5.41, 5.74) is 0.789. The number of rotatable bonds is 6. The Balaban J connectivity index is 1.49. The number of carbonyl (C=O) groups excluding carboxylic acids is 1. The van der Waals surface area contributed by atoms with E-state index in [1.807, 2.05) is 0 Å². The smallest absolute Gasteiger partial charge is 0.262 e. The zero-order chi connectivity index (χ0) is 21.3. The third kappa shape index (κ3) is 3.86. The molecule has 7 nitrogen and oxygen atoms in total. The van der Waals surface area contributed by atoms with Gasteiger partial charge in [0.05, 0.1) is 17.3 Å².